The van der Waals surface area contributed by atoms with Crippen LogP contribution in [0.3, 0.4) is 0 Å². The first kappa shape index (κ1) is 15.0. The van der Waals surface area contributed by atoms with E-state index in [2.05, 4.69) is 9.97 Å². The lowest BCUT2D eigenvalue weighted by atomic mass is 10.1. The molecule has 2 heterocycles. The fourth-order valence-electron chi connectivity index (χ4n) is 2.23. The number of nitrogens with zero attached hydrogens (tertiary/aromatic N) is 1. The van der Waals surface area contributed by atoms with Gasteiger partial charge < -0.3 is 9.72 Å². The van der Waals surface area contributed by atoms with E-state index in [9.17, 15) is 9.59 Å². The highest BCUT2D eigenvalue weighted by Crippen LogP contribution is 2.22. The molecule has 0 spiro atoms. The molecule has 0 bridgehead atoms. The maximum Gasteiger partial charge on any atom is 0.343 e. The minimum Gasteiger partial charge on any atom is -0.462 e. The van der Waals surface area contributed by atoms with Crippen molar-refractivity contribution in [3.05, 3.63) is 51.1 Å². The number of aromatic nitrogens is 2. The van der Waals surface area contributed by atoms with Gasteiger partial charge in [0.15, 0.2) is 0 Å². The number of aryl methyl sites for hydroxylation is 3. The predicted molar refractivity (Wildman–Crippen MR) is 80.5 cm³/mol. The SMILES string of the molecule is CCOC(=O)c1cc(-c2cc(C)cc(C)n2)c(C)[nH]c1=O. The number of hydrogen-bond donors (Lipinski definition) is 1. The van der Waals surface area contributed by atoms with Crippen LogP contribution in [0, 0.1) is 20.8 Å². The summed E-state index contributed by atoms with van der Waals surface area (Å²) in [5.41, 5.74) is 3.63. The van der Waals surface area contributed by atoms with Gasteiger partial charge in [0, 0.05) is 17.0 Å². The Bertz CT molecular complexity index is 727. The Morgan fingerprint density at radius 3 is 2.57 bits per heavy atom. The van der Waals surface area contributed by atoms with Crippen LogP contribution < -0.4 is 5.56 Å². The van der Waals surface area contributed by atoms with Crippen molar-refractivity contribution < 1.29 is 9.53 Å². The molecule has 5 heteroatoms. The fraction of sp³-hybridized carbons (Fsp3) is 0.312. The highest BCUT2D eigenvalue weighted by atomic mass is 16.5. The van der Waals surface area contributed by atoms with Crippen LogP contribution in [0.25, 0.3) is 11.3 Å². The molecule has 0 aromatic carbocycles. The summed E-state index contributed by atoms with van der Waals surface area (Å²) in [6.45, 7) is 7.59. The van der Waals surface area contributed by atoms with Crippen molar-refractivity contribution in [2.24, 2.45) is 0 Å². The Morgan fingerprint density at radius 2 is 1.95 bits per heavy atom. The van der Waals surface area contributed by atoms with E-state index in [0.29, 0.717) is 5.69 Å². The van der Waals surface area contributed by atoms with Crippen molar-refractivity contribution in [2.45, 2.75) is 27.7 Å². The molecule has 0 aliphatic rings. The summed E-state index contributed by atoms with van der Waals surface area (Å²) >= 11 is 0. The number of aromatic amines is 1. The van der Waals surface area contributed by atoms with Crippen LogP contribution in [0.1, 0.15) is 34.2 Å². The van der Waals surface area contributed by atoms with Gasteiger partial charge in [-0.15, -0.1) is 0 Å². The summed E-state index contributed by atoms with van der Waals surface area (Å²) in [5.74, 6) is -0.621. The number of ether oxygens (including phenoxy) is 1. The van der Waals surface area contributed by atoms with E-state index < -0.39 is 11.5 Å². The number of hydrogen-bond acceptors (Lipinski definition) is 4. The number of esters is 1. The molecule has 2 rings (SSSR count). The molecular weight excluding hydrogens is 268 g/mol. The van der Waals surface area contributed by atoms with Gasteiger partial charge in [0.1, 0.15) is 5.56 Å². The molecule has 0 saturated carbocycles. The van der Waals surface area contributed by atoms with Gasteiger partial charge in [0.25, 0.3) is 5.56 Å². The number of pyridine rings is 2. The maximum atomic E-state index is 11.9. The second-order valence-electron chi connectivity index (χ2n) is 4.94. The van der Waals surface area contributed by atoms with E-state index in [-0.39, 0.29) is 12.2 Å². The highest BCUT2D eigenvalue weighted by Gasteiger charge is 2.16. The molecule has 0 aliphatic carbocycles. The summed E-state index contributed by atoms with van der Waals surface area (Å²) in [7, 11) is 0. The van der Waals surface area contributed by atoms with E-state index in [1.165, 1.54) is 0 Å². The summed E-state index contributed by atoms with van der Waals surface area (Å²) in [6.07, 6.45) is 0. The van der Waals surface area contributed by atoms with E-state index in [4.69, 9.17) is 4.74 Å². The van der Waals surface area contributed by atoms with Gasteiger partial charge in [-0.1, -0.05) is 0 Å². The molecule has 2 aromatic rings. The van der Waals surface area contributed by atoms with Gasteiger partial charge in [0.05, 0.1) is 12.3 Å². The van der Waals surface area contributed by atoms with Crippen molar-refractivity contribution in [2.75, 3.05) is 6.61 Å². The zero-order chi connectivity index (χ0) is 15.6. The molecule has 0 radical (unpaired) electrons. The van der Waals surface area contributed by atoms with Gasteiger partial charge in [-0.05, 0) is 51.5 Å². The number of carbonyl (C=O) groups excluding carboxylic acids is 1. The molecule has 5 nitrogen and oxygen atoms in total. The lowest BCUT2D eigenvalue weighted by molar-refractivity contribution is 0.0524. The quantitative estimate of drug-likeness (QED) is 0.880. The lowest BCUT2D eigenvalue weighted by Gasteiger charge is -2.09. The molecule has 110 valence electrons. The average molecular weight is 286 g/mol. The third-order valence-electron chi connectivity index (χ3n) is 3.11. The fourth-order valence-corrected chi connectivity index (χ4v) is 2.23. The summed E-state index contributed by atoms with van der Waals surface area (Å²) in [4.78, 5) is 30.9. The topological polar surface area (TPSA) is 72.0 Å². The Morgan fingerprint density at radius 1 is 1.24 bits per heavy atom. The number of nitrogens with one attached hydrogen (secondary N) is 1. The molecule has 21 heavy (non-hydrogen) atoms. The van der Waals surface area contributed by atoms with Gasteiger partial charge in [0.2, 0.25) is 0 Å². The minimum absolute atomic E-state index is 0.00147. The summed E-state index contributed by atoms with van der Waals surface area (Å²) in [6, 6.07) is 5.44. The zero-order valence-electron chi connectivity index (χ0n) is 12.6. The third kappa shape index (κ3) is 3.18. The van der Waals surface area contributed by atoms with Crippen molar-refractivity contribution in [3.8, 4) is 11.3 Å². The monoisotopic (exact) mass is 286 g/mol. The van der Waals surface area contributed by atoms with Gasteiger partial charge in [-0.25, -0.2) is 4.79 Å². The van der Waals surface area contributed by atoms with Crippen molar-refractivity contribution in [1.82, 2.24) is 9.97 Å². The maximum absolute atomic E-state index is 11.9. The smallest absolute Gasteiger partial charge is 0.343 e. The predicted octanol–water partition coefficient (Wildman–Crippen LogP) is 2.54. The van der Waals surface area contributed by atoms with Crippen molar-refractivity contribution in [3.63, 3.8) is 0 Å². The number of H-pyrrole nitrogens is 1. The van der Waals surface area contributed by atoms with Gasteiger partial charge in [-0.2, -0.15) is 0 Å². The molecule has 2 aromatic heterocycles. The zero-order valence-corrected chi connectivity index (χ0v) is 12.6. The molecule has 0 aliphatic heterocycles. The molecule has 1 N–H and O–H groups in total. The summed E-state index contributed by atoms with van der Waals surface area (Å²) < 4.78 is 4.91. The Hall–Kier alpha value is -2.43. The Kier molecular flexibility index (Phi) is 4.21. The Balaban J connectivity index is 2.61. The van der Waals surface area contributed by atoms with E-state index >= 15 is 0 Å². The standard InChI is InChI=1S/C16H18N2O3/c1-5-21-16(20)13-8-12(11(4)18-15(13)19)14-7-9(2)6-10(3)17-14/h6-8H,5H2,1-4H3,(H,18,19). The summed E-state index contributed by atoms with van der Waals surface area (Å²) in [5, 5.41) is 0. The van der Waals surface area contributed by atoms with Crippen LogP contribution in [0.15, 0.2) is 23.0 Å². The number of carbonyl (C=O) groups is 1. The first-order valence-corrected chi connectivity index (χ1v) is 6.79. The molecular formula is C16H18N2O3. The third-order valence-corrected chi connectivity index (χ3v) is 3.11. The molecule has 0 atom stereocenters. The van der Waals surface area contributed by atoms with Gasteiger partial charge >= 0.3 is 5.97 Å². The lowest BCUT2D eigenvalue weighted by Crippen LogP contribution is -2.21. The normalized spacial score (nSPS) is 10.5. The first-order valence-electron chi connectivity index (χ1n) is 6.79. The van der Waals surface area contributed by atoms with E-state index in [0.717, 1.165) is 22.5 Å². The van der Waals surface area contributed by atoms with Gasteiger partial charge in [-0.3, -0.25) is 9.78 Å². The van der Waals surface area contributed by atoms with E-state index in [1.807, 2.05) is 26.0 Å². The van der Waals surface area contributed by atoms with Crippen LogP contribution in [-0.4, -0.2) is 22.5 Å². The second kappa shape index (κ2) is 5.91. The molecule has 0 saturated heterocycles. The van der Waals surface area contributed by atoms with Crippen molar-refractivity contribution in [1.29, 1.82) is 0 Å². The second-order valence-corrected chi connectivity index (χ2v) is 4.94. The Labute approximate surface area is 123 Å². The minimum atomic E-state index is -0.621. The molecule has 0 fully saturated rings. The van der Waals surface area contributed by atoms with Crippen LogP contribution in [0.2, 0.25) is 0 Å². The van der Waals surface area contributed by atoms with Crippen molar-refractivity contribution >= 4 is 5.97 Å². The highest BCUT2D eigenvalue weighted by molar-refractivity contribution is 5.90. The number of rotatable bonds is 3. The first-order chi connectivity index (χ1) is 9.92. The average Bonchev–Trinajstić information content (AvgIpc) is 2.37. The largest absolute Gasteiger partial charge is 0.462 e. The van der Waals surface area contributed by atoms with Crippen LogP contribution in [-0.2, 0) is 4.74 Å². The van der Waals surface area contributed by atoms with Crippen LogP contribution in [0.5, 0.6) is 0 Å². The molecule has 0 unspecified atom stereocenters. The molecule has 0 amide bonds. The van der Waals surface area contributed by atoms with Crippen LogP contribution >= 0.6 is 0 Å². The van der Waals surface area contributed by atoms with E-state index in [1.54, 1.807) is 19.9 Å². The van der Waals surface area contributed by atoms with Crippen LogP contribution in [0.4, 0.5) is 0 Å².